The zero-order chi connectivity index (χ0) is 11.4. The van der Waals surface area contributed by atoms with Crippen molar-refractivity contribution in [2.45, 2.75) is 19.3 Å². The van der Waals surface area contributed by atoms with E-state index in [-0.39, 0.29) is 12.2 Å². The SMILES string of the molecule is CC(=O)CC(C#N)c1ccc(F)c(F)c1. The first-order valence-corrected chi connectivity index (χ1v) is 4.38. The summed E-state index contributed by atoms with van der Waals surface area (Å²) in [5.41, 5.74) is 0.326. The second-order valence-electron chi connectivity index (χ2n) is 3.26. The van der Waals surface area contributed by atoms with E-state index in [0.717, 1.165) is 12.1 Å². The molecule has 0 aliphatic carbocycles. The molecule has 1 unspecified atom stereocenters. The summed E-state index contributed by atoms with van der Waals surface area (Å²) in [6.07, 6.45) is 0.0154. The molecular formula is C11H9F2NO. The Morgan fingerprint density at radius 2 is 2.13 bits per heavy atom. The minimum Gasteiger partial charge on any atom is -0.300 e. The summed E-state index contributed by atoms with van der Waals surface area (Å²) >= 11 is 0. The molecule has 78 valence electrons. The minimum atomic E-state index is -1.00. The maximum absolute atomic E-state index is 12.8. The summed E-state index contributed by atoms with van der Waals surface area (Å²) in [6.45, 7) is 1.35. The second kappa shape index (κ2) is 4.65. The predicted octanol–water partition coefficient (Wildman–Crippen LogP) is 2.55. The maximum Gasteiger partial charge on any atom is 0.159 e. The zero-order valence-corrected chi connectivity index (χ0v) is 8.13. The molecule has 0 amide bonds. The fraction of sp³-hybridized carbons (Fsp3) is 0.273. The van der Waals surface area contributed by atoms with Crippen molar-refractivity contribution in [1.29, 1.82) is 5.26 Å². The topological polar surface area (TPSA) is 40.9 Å². The lowest BCUT2D eigenvalue weighted by Gasteiger charge is -2.07. The van der Waals surface area contributed by atoms with Crippen molar-refractivity contribution < 1.29 is 13.6 Å². The van der Waals surface area contributed by atoms with Gasteiger partial charge in [0, 0.05) is 6.42 Å². The van der Waals surface area contributed by atoms with E-state index < -0.39 is 17.6 Å². The number of carbonyl (C=O) groups excluding carboxylic acids is 1. The fourth-order valence-electron chi connectivity index (χ4n) is 1.25. The highest BCUT2D eigenvalue weighted by Crippen LogP contribution is 2.21. The number of benzene rings is 1. The van der Waals surface area contributed by atoms with Crippen molar-refractivity contribution >= 4 is 5.78 Å². The number of ketones is 1. The molecular weight excluding hydrogens is 200 g/mol. The quantitative estimate of drug-likeness (QED) is 0.767. The van der Waals surface area contributed by atoms with E-state index in [4.69, 9.17) is 5.26 Å². The first kappa shape index (κ1) is 11.3. The molecule has 15 heavy (non-hydrogen) atoms. The Kier molecular flexibility index (Phi) is 3.51. The van der Waals surface area contributed by atoms with Gasteiger partial charge >= 0.3 is 0 Å². The summed E-state index contributed by atoms with van der Waals surface area (Å²) in [7, 11) is 0. The molecule has 1 rings (SSSR count). The van der Waals surface area contributed by atoms with Crippen LogP contribution in [0.2, 0.25) is 0 Å². The molecule has 0 fully saturated rings. The van der Waals surface area contributed by atoms with Crippen molar-refractivity contribution in [2.75, 3.05) is 0 Å². The van der Waals surface area contributed by atoms with Crippen LogP contribution in [0.3, 0.4) is 0 Å². The minimum absolute atomic E-state index is 0.0154. The van der Waals surface area contributed by atoms with Crippen molar-refractivity contribution in [3.8, 4) is 6.07 Å². The predicted molar refractivity (Wildman–Crippen MR) is 50.0 cm³/mol. The molecule has 0 N–H and O–H groups in total. The normalized spacial score (nSPS) is 11.9. The van der Waals surface area contributed by atoms with Crippen molar-refractivity contribution in [3.05, 3.63) is 35.4 Å². The molecule has 0 aliphatic rings. The van der Waals surface area contributed by atoms with Gasteiger partial charge in [0.25, 0.3) is 0 Å². The van der Waals surface area contributed by atoms with E-state index in [1.54, 1.807) is 0 Å². The Bertz CT molecular complexity index is 423. The molecule has 0 bridgehead atoms. The van der Waals surface area contributed by atoms with Gasteiger partial charge in [0.2, 0.25) is 0 Å². The standard InChI is InChI=1S/C11H9F2NO/c1-7(15)4-9(6-14)8-2-3-10(12)11(13)5-8/h2-3,5,9H,4H2,1H3. The van der Waals surface area contributed by atoms with Crippen LogP contribution in [0, 0.1) is 23.0 Å². The van der Waals surface area contributed by atoms with Crippen LogP contribution in [-0.2, 0) is 4.79 Å². The second-order valence-corrected chi connectivity index (χ2v) is 3.26. The van der Waals surface area contributed by atoms with Crippen LogP contribution >= 0.6 is 0 Å². The van der Waals surface area contributed by atoms with Crippen molar-refractivity contribution in [2.24, 2.45) is 0 Å². The Labute approximate surface area is 86.1 Å². The van der Waals surface area contributed by atoms with Crippen LogP contribution in [0.25, 0.3) is 0 Å². The summed E-state index contributed by atoms with van der Waals surface area (Å²) in [4.78, 5) is 10.8. The smallest absolute Gasteiger partial charge is 0.159 e. The number of nitrogens with zero attached hydrogens (tertiary/aromatic N) is 1. The number of hydrogen-bond acceptors (Lipinski definition) is 2. The number of hydrogen-bond donors (Lipinski definition) is 0. The third-order valence-electron chi connectivity index (χ3n) is 1.99. The number of rotatable bonds is 3. The van der Waals surface area contributed by atoms with Crippen molar-refractivity contribution in [3.63, 3.8) is 0 Å². The Hall–Kier alpha value is -1.76. The molecule has 0 aromatic heterocycles. The number of nitriles is 1. The highest BCUT2D eigenvalue weighted by Gasteiger charge is 2.14. The molecule has 0 radical (unpaired) electrons. The molecule has 0 spiro atoms. The lowest BCUT2D eigenvalue weighted by Crippen LogP contribution is -2.03. The highest BCUT2D eigenvalue weighted by molar-refractivity contribution is 5.76. The molecule has 4 heteroatoms. The van der Waals surface area contributed by atoms with Crippen LogP contribution in [-0.4, -0.2) is 5.78 Å². The number of carbonyl (C=O) groups is 1. The van der Waals surface area contributed by atoms with Crippen LogP contribution in [0.4, 0.5) is 8.78 Å². The van der Waals surface area contributed by atoms with Gasteiger partial charge in [-0.05, 0) is 24.6 Å². The van der Waals surface area contributed by atoms with Crippen LogP contribution in [0.5, 0.6) is 0 Å². The van der Waals surface area contributed by atoms with E-state index >= 15 is 0 Å². The average molecular weight is 209 g/mol. The third-order valence-corrected chi connectivity index (χ3v) is 1.99. The van der Waals surface area contributed by atoms with Gasteiger partial charge < -0.3 is 0 Å². The van der Waals surface area contributed by atoms with Crippen molar-refractivity contribution in [1.82, 2.24) is 0 Å². The molecule has 0 saturated carbocycles. The Balaban J connectivity index is 2.98. The van der Waals surface area contributed by atoms with E-state index in [0.29, 0.717) is 5.56 Å². The lowest BCUT2D eigenvalue weighted by molar-refractivity contribution is -0.117. The molecule has 2 nitrogen and oxygen atoms in total. The summed E-state index contributed by atoms with van der Waals surface area (Å²) in [5, 5.41) is 8.77. The first-order valence-electron chi connectivity index (χ1n) is 4.38. The van der Waals surface area contributed by atoms with Gasteiger partial charge in [-0.25, -0.2) is 8.78 Å². The van der Waals surface area contributed by atoms with Gasteiger partial charge in [-0.2, -0.15) is 5.26 Å². The molecule has 1 atom stereocenters. The molecule has 0 saturated heterocycles. The number of Topliss-reactive ketones (excluding diaryl/α,β-unsaturated/α-hetero) is 1. The van der Waals surface area contributed by atoms with E-state index in [9.17, 15) is 13.6 Å². The van der Waals surface area contributed by atoms with E-state index in [1.165, 1.54) is 13.0 Å². The lowest BCUT2D eigenvalue weighted by atomic mass is 9.95. The molecule has 0 aliphatic heterocycles. The molecule has 0 heterocycles. The van der Waals surface area contributed by atoms with Gasteiger partial charge in [0.05, 0.1) is 12.0 Å². The largest absolute Gasteiger partial charge is 0.300 e. The first-order chi connectivity index (χ1) is 7.04. The average Bonchev–Trinajstić information content (AvgIpc) is 2.18. The van der Waals surface area contributed by atoms with Crippen LogP contribution in [0.15, 0.2) is 18.2 Å². The fourth-order valence-corrected chi connectivity index (χ4v) is 1.25. The van der Waals surface area contributed by atoms with Gasteiger partial charge in [-0.3, -0.25) is 4.79 Å². The summed E-state index contributed by atoms with van der Waals surface area (Å²) in [5.74, 6) is -2.83. The van der Waals surface area contributed by atoms with Gasteiger partial charge in [-0.1, -0.05) is 6.07 Å². The van der Waals surface area contributed by atoms with Crippen LogP contribution < -0.4 is 0 Å². The Morgan fingerprint density at radius 1 is 1.47 bits per heavy atom. The highest BCUT2D eigenvalue weighted by atomic mass is 19.2. The summed E-state index contributed by atoms with van der Waals surface area (Å²) in [6, 6.07) is 5.11. The van der Waals surface area contributed by atoms with Gasteiger partial charge in [0.15, 0.2) is 11.6 Å². The molecule has 1 aromatic carbocycles. The van der Waals surface area contributed by atoms with E-state index in [2.05, 4.69) is 0 Å². The molecule has 1 aromatic rings. The van der Waals surface area contributed by atoms with Crippen LogP contribution in [0.1, 0.15) is 24.8 Å². The number of halogens is 2. The Morgan fingerprint density at radius 3 is 2.60 bits per heavy atom. The van der Waals surface area contributed by atoms with Gasteiger partial charge in [0.1, 0.15) is 5.78 Å². The monoisotopic (exact) mass is 209 g/mol. The summed E-state index contributed by atoms with van der Waals surface area (Å²) < 4.78 is 25.4. The third kappa shape index (κ3) is 2.84. The zero-order valence-electron chi connectivity index (χ0n) is 8.13. The van der Waals surface area contributed by atoms with Gasteiger partial charge in [-0.15, -0.1) is 0 Å². The van der Waals surface area contributed by atoms with E-state index in [1.807, 2.05) is 6.07 Å². The maximum atomic E-state index is 12.8.